The third-order valence-corrected chi connectivity index (χ3v) is 3.76. The molecule has 3 rings (SSSR count). The molecule has 1 N–H and O–H groups in total. The van der Waals surface area contributed by atoms with E-state index in [1.54, 1.807) is 30.1 Å². The molecule has 2 aromatic heterocycles. The summed E-state index contributed by atoms with van der Waals surface area (Å²) in [5, 5.41) is 10.9. The molecule has 130 valence electrons. The summed E-state index contributed by atoms with van der Waals surface area (Å²) in [7, 11) is 1.59. The van der Waals surface area contributed by atoms with Gasteiger partial charge in [0.2, 0.25) is 11.7 Å². The predicted octanol–water partition coefficient (Wildman–Crippen LogP) is 2.20. The molecule has 0 aliphatic rings. The van der Waals surface area contributed by atoms with Crippen molar-refractivity contribution in [1.82, 2.24) is 25.2 Å². The number of hydrogen-bond acceptors (Lipinski definition) is 6. The Morgan fingerprint density at radius 3 is 2.92 bits per heavy atom. The van der Waals surface area contributed by atoms with Crippen molar-refractivity contribution in [2.75, 3.05) is 7.11 Å². The van der Waals surface area contributed by atoms with Gasteiger partial charge >= 0.3 is 0 Å². The monoisotopic (exact) mass is 341 g/mol. The number of amides is 1. The number of benzene rings is 1. The second-order valence-corrected chi connectivity index (χ2v) is 5.46. The summed E-state index contributed by atoms with van der Waals surface area (Å²) in [6, 6.07) is 5.28. The lowest BCUT2D eigenvalue weighted by atomic mass is 10.1. The third-order valence-electron chi connectivity index (χ3n) is 3.76. The first-order valence-electron chi connectivity index (χ1n) is 7.89. The molecule has 1 aromatic carbocycles. The first kappa shape index (κ1) is 16.7. The molecule has 0 aliphatic heterocycles. The molecule has 0 aliphatic carbocycles. The fourth-order valence-electron chi connectivity index (χ4n) is 2.36. The Labute approximate surface area is 144 Å². The van der Waals surface area contributed by atoms with Crippen molar-refractivity contribution in [1.29, 1.82) is 0 Å². The standard InChI is InChI=1S/C17H19N5O3/c1-4-22-10-12(8-19-22)16-20-15(25-21-16)9-18-17(23)14-6-5-13(24-3)7-11(14)2/h5-8,10H,4,9H2,1-3H3,(H,18,23). The van der Waals surface area contributed by atoms with Gasteiger partial charge in [-0.25, -0.2) is 0 Å². The van der Waals surface area contributed by atoms with Crippen molar-refractivity contribution in [2.45, 2.75) is 26.9 Å². The number of ether oxygens (including phenoxy) is 1. The Morgan fingerprint density at radius 1 is 1.40 bits per heavy atom. The number of nitrogens with zero attached hydrogens (tertiary/aromatic N) is 4. The molecule has 0 atom stereocenters. The van der Waals surface area contributed by atoms with Crippen molar-refractivity contribution < 1.29 is 14.1 Å². The number of carbonyl (C=O) groups is 1. The summed E-state index contributed by atoms with van der Waals surface area (Å²) in [6.07, 6.45) is 3.52. The number of rotatable bonds is 6. The Kier molecular flexibility index (Phi) is 4.78. The van der Waals surface area contributed by atoms with Crippen LogP contribution in [0.4, 0.5) is 0 Å². The highest BCUT2D eigenvalue weighted by atomic mass is 16.5. The molecule has 2 heterocycles. The van der Waals surface area contributed by atoms with Crippen LogP contribution in [-0.2, 0) is 13.1 Å². The van der Waals surface area contributed by atoms with Gasteiger partial charge in [-0.2, -0.15) is 10.1 Å². The van der Waals surface area contributed by atoms with E-state index in [1.165, 1.54) is 0 Å². The minimum atomic E-state index is -0.210. The van der Waals surface area contributed by atoms with Gasteiger partial charge < -0.3 is 14.6 Å². The number of methoxy groups -OCH3 is 1. The number of aromatic nitrogens is 4. The zero-order valence-electron chi connectivity index (χ0n) is 14.3. The predicted molar refractivity (Wildman–Crippen MR) is 90.1 cm³/mol. The average Bonchev–Trinajstić information content (AvgIpc) is 3.28. The van der Waals surface area contributed by atoms with Crippen LogP contribution < -0.4 is 10.1 Å². The van der Waals surface area contributed by atoms with Crippen LogP contribution in [-0.4, -0.2) is 32.9 Å². The molecular weight excluding hydrogens is 322 g/mol. The van der Waals surface area contributed by atoms with E-state index in [-0.39, 0.29) is 12.5 Å². The van der Waals surface area contributed by atoms with Crippen LogP contribution in [0.5, 0.6) is 5.75 Å². The summed E-state index contributed by atoms with van der Waals surface area (Å²) >= 11 is 0. The topological polar surface area (TPSA) is 95.1 Å². The molecule has 0 spiro atoms. The highest BCUT2D eigenvalue weighted by molar-refractivity contribution is 5.95. The number of aryl methyl sites for hydroxylation is 2. The second kappa shape index (κ2) is 7.16. The maximum absolute atomic E-state index is 12.3. The molecule has 25 heavy (non-hydrogen) atoms. The van der Waals surface area contributed by atoms with Gasteiger partial charge in [-0.3, -0.25) is 9.48 Å². The van der Waals surface area contributed by atoms with Crippen LogP contribution in [0.3, 0.4) is 0 Å². The summed E-state index contributed by atoms with van der Waals surface area (Å²) < 4.78 is 12.1. The molecule has 0 radical (unpaired) electrons. The zero-order chi connectivity index (χ0) is 17.8. The lowest BCUT2D eigenvalue weighted by Crippen LogP contribution is -2.23. The lowest BCUT2D eigenvalue weighted by molar-refractivity contribution is 0.0945. The first-order chi connectivity index (χ1) is 12.1. The van der Waals surface area contributed by atoms with Crippen LogP contribution in [0.2, 0.25) is 0 Å². The Bertz CT molecular complexity index is 884. The third kappa shape index (κ3) is 3.68. The van der Waals surface area contributed by atoms with Gasteiger partial charge in [0.25, 0.3) is 5.91 Å². The van der Waals surface area contributed by atoms with E-state index in [2.05, 4.69) is 20.6 Å². The minimum absolute atomic E-state index is 0.152. The molecule has 8 nitrogen and oxygen atoms in total. The molecule has 0 unspecified atom stereocenters. The SMILES string of the molecule is CCn1cc(-c2noc(CNC(=O)c3ccc(OC)cc3C)n2)cn1. The van der Waals surface area contributed by atoms with Crippen LogP contribution in [0.1, 0.15) is 28.7 Å². The van der Waals surface area contributed by atoms with Gasteiger partial charge in [0.15, 0.2) is 0 Å². The van der Waals surface area contributed by atoms with E-state index < -0.39 is 0 Å². The fraction of sp³-hybridized carbons (Fsp3) is 0.294. The summed E-state index contributed by atoms with van der Waals surface area (Å²) in [4.78, 5) is 16.6. The van der Waals surface area contributed by atoms with E-state index >= 15 is 0 Å². The molecule has 0 saturated carbocycles. The van der Waals surface area contributed by atoms with E-state index in [9.17, 15) is 4.79 Å². The van der Waals surface area contributed by atoms with Gasteiger partial charge in [0.05, 0.1) is 25.4 Å². The first-order valence-corrected chi connectivity index (χ1v) is 7.89. The highest BCUT2D eigenvalue weighted by Gasteiger charge is 2.13. The van der Waals surface area contributed by atoms with Crippen molar-refractivity contribution >= 4 is 5.91 Å². The van der Waals surface area contributed by atoms with Crippen LogP contribution in [0, 0.1) is 6.92 Å². The highest BCUT2D eigenvalue weighted by Crippen LogP contribution is 2.17. The molecule has 0 saturated heterocycles. The summed E-state index contributed by atoms with van der Waals surface area (Å²) in [5.74, 6) is 1.28. The van der Waals surface area contributed by atoms with Crippen molar-refractivity contribution in [2.24, 2.45) is 0 Å². The van der Waals surface area contributed by atoms with E-state index in [0.29, 0.717) is 23.0 Å². The van der Waals surface area contributed by atoms with Crippen molar-refractivity contribution in [3.05, 3.63) is 47.6 Å². The minimum Gasteiger partial charge on any atom is -0.497 e. The molecular formula is C17H19N5O3. The Balaban J connectivity index is 1.65. The normalized spacial score (nSPS) is 10.7. The largest absolute Gasteiger partial charge is 0.497 e. The van der Waals surface area contributed by atoms with Crippen LogP contribution in [0.25, 0.3) is 11.4 Å². The summed E-state index contributed by atoms with van der Waals surface area (Å²) in [6.45, 7) is 4.77. The molecule has 8 heteroatoms. The van der Waals surface area contributed by atoms with Crippen LogP contribution >= 0.6 is 0 Å². The van der Waals surface area contributed by atoms with Gasteiger partial charge in [-0.15, -0.1) is 0 Å². The van der Waals surface area contributed by atoms with Gasteiger partial charge in [0.1, 0.15) is 5.75 Å². The second-order valence-electron chi connectivity index (χ2n) is 5.46. The average molecular weight is 341 g/mol. The van der Waals surface area contributed by atoms with Gasteiger partial charge in [-0.1, -0.05) is 5.16 Å². The van der Waals surface area contributed by atoms with Gasteiger partial charge in [-0.05, 0) is 37.6 Å². The summed E-state index contributed by atoms with van der Waals surface area (Å²) in [5.41, 5.74) is 2.17. The van der Waals surface area contributed by atoms with Crippen molar-refractivity contribution in [3.63, 3.8) is 0 Å². The smallest absolute Gasteiger partial charge is 0.251 e. The van der Waals surface area contributed by atoms with E-state index in [1.807, 2.05) is 26.1 Å². The van der Waals surface area contributed by atoms with Crippen molar-refractivity contribution in [3.8, 4) is 17.1 Å². The Morgan fingerprint density at radius 2 is 2.24 bits per heavy atom. The quantitative estimate of drug-likeness (QED) is 0.738. The zero-order valence-corrected chi connectivity index (χ0v) is 14.3. The Hall–Kier alpha value is -3.16. The molecule has 3 aromatic rings. The van der Waals surface area contributed by atoms with E-state index in [4.69, 9.17) is 9.26 Å². The maximum atomic E-state index is 12.3. The maximum Gasteiger partial charge on any atom is 0.251 e. The van der Waals surface area contributed by atoms with Crippen LogP contribution in [0.15, 0.2) is 35.1 Å². The van der Waals surface area contributed by atoms with E-state index in [0.717, 1.165) is 17.7 Å². The lowest BCUT2D eigenvalue weighted by Gasteiger charge is -2.07. The fourth-order valence-corrected chi connectivity index (χ4v) is 2.36. The molecule has 0 fully saturated rings. The molecule has 1 amide bonds. The molecule has 0 bridgehead atoms. The number of nitrogens with one attached hydrogen (secondary N) is 1. The number of carbonyl (C=O) groups excluding carboxylic acids is 1. The number of hydrogen-bond donors (Lipinski definition) is 1. The van der Waals surface area contributed by atoms with Gasteiger partial charge in [0, 0.05) is 18.3 Å².